The molecule has 1 aromatic carbocycles. The molecular weight excluding hydrogens is 610 g/mol. The van der Waals surface area contributed by atoms with Crippen LogP contribution in [0.5, 0.6) is 0 Å². The van der Waals surface area contributed by atoms with Crippen LogP contribution in [0.1, 0.15) is 114 Å². The summed E-state index contributed by atoms with van der Waals surface area (Å²) in [5.41, 5.74) is 6.01. The van der Waals surface area contributed by atoms with E-state index in [1.54, 1.807) is 11.9 Å². The van der Waals surface area contributed by atoms with E-state index in [9.17, 15) is 4.79 Å². The number of carbonyl (C=O) groups is 2. The summed E-state index contributed by atoms with van der Waals surface area (Å²) in [6, 6.07) is 8.55. The van der Waals surface area contributed by atoms with Gasteiger partial charge in [-0.15, -0.1) is 0 Å². The Kier molecular flexibility index (Phi) is 29.5. The minimum absolute atomic E-state index is 0. The summed E-state index contributed by atoms with van der Waals surface area (Å²) in [4.78, 5) is 33.1. The first-order chi connectivity index (χ1) is 22.8. The Morgan fingerprint density at radius 3 is 2.29 bits per heavy atom. The van der Waals surface area contributed by atoms with E-state index in [2.05, 4.69) is 118 Å². The maximum atomic E-state index is 12.0. The lowest BCUT2D eigenvalue weighted by atomic mass is 10.0. The zero-order valence-corrected chi connectivity index (χ0v) is 32.4. The van der Waals surface area contributed by atoms with Crippen molar-refractivity contribution >= 4 is 24.3 Å². The summed E-state index contributed by atoms with van der Waals surface area (Å²) in [7, 11) is 1.80. The number of nitrogens with one attached hydrogen (secondary N) is 1. The highest BCUT2D eigenvalue weighted by Gasteiger charge is 2.16. The second kappa shape index (κ2) is 29.2. The highest BCUT2D eigenvalue weighted by atomic mass is 16.5. The van der Waals surface area contributed by atoms with E-state index in [4.69, 9.17) is 9.53 Å². The largest absolute Gasteiger partial charge is 0.369 e. The van der Waals surface area contributed by atoms with Crippen molar-refractivity contribution in [1.29, 1.82) is 0 Å². The fraction of sp³-hybridized carbons (Fsp3) is 0.561. The quantitative estimate of drug-likeness (QED) is 0.131. The molecule has 1 amide bonds. The Morgan fingerprint density at radius 1 is 1.12 bits per heavy atom. The van der Waals surface area contributed by atoms with Crippen molar-refractivity contribution in [2.75, 3.05) is 36.9 Å². The van der Waals surface area contributed by atoms with E-state index >= 15 is 0 Å². The van der Waals surface area contributed by atoms with Crippen molar-refractivity contribution in [1.82, 2.24) is 14.9 Å². The van der Waals surface area contributed by atoms with Crippen molar-refractivity contribution in [2.45, 2.75) is 122 Å². The Morgan fingerprint density at radius 2 is 1.76 bits per heavy atom. The van der Waals surface area contributed by atoms with Crippen LogP contribution in [0.15, 0.2) is 66.9 Å². The van der Waals surface area contributed by atoms with Crippen molar-refractivity contribution < 1.29 is 15.8 Å². The molecule has 0 unspecified atom stereocenters. The van der Waals surface area contributed by atoms with E-state index in [1.165, 1.54) is 6.08 Å². The third-order valence-corrected chi connectivity index (χ3v) is 6.51. The molecule has 2 rings (SSSR count). The van der Waals surface area contributed by atoms with Gasteiger partial charge in [-0.1, -0.05) is 99.8 Å². The maximum absolute atomic E-state index is 12.0. The summed E-state index contributed by atoms with van der Waals surface area (Å²) < 4.78 is 6.44. The molecule has 0 saturated heterocycles. The molecule has 8 nitrogen and oxygen atoms in total. The second-order valence-corrected chi connectivity index (χ2v) is 12.7. The number of hydrogen-bond acceptors (Lipinski definition) is 7. The number of amides is 1. The lowest BCUT2D eigenvalue weighted by Crippen LogP contribution is -2.29. The summed E-state index contributed by atoms with van der Waals surface area (Å²) in [5.74, 6) is 0.589. The molecule has 0 bridgehead atoms. The monoisotopic (exact) mass is 684 g/mol. The summed E-state index contributed by atoms with van der Waals surface area (Å²) in [6.45, 7) is 32.4. The number of aromatic nitrogens is 2. The predicted octanol–water partition coefficient (Wildman–Crippen LogP) is 10.2. The third-order valence-electron chi connectivity index (χ3n) is 6.51. The molecule has 1 aromatic heterocycles. The fourth-order valence-corrected chi connectivity index (χ4v) is 4.19. The summed E-state index contributed by atoms with van der Waals surface area (Å²) >= 11 is 0. The molecule has 1 heterocycles. The standard InChI is InChI=1S/C32H47N5O2.C5H12.C2H6.CH2O.CH4.H2/c1-8-12-13-15-25(5)30(18-20-36(7)31(38)10-3)39-24-27-16-14-17-29(21-27)37(19-9-2)23-28-22-34-32(33-11-4)35-26(28)6;1-5(2,3)4;2*1-2;;/h10,12-17,21-22,30H,3,8-9,11,18-20,23-24H2,1-2,4-7H3,(H,33,34,35);1-4H3;1-2H3;1H2;1H4;1H/b13-12-,25-15+;;;;;/t30-;;;;;/m0...../s1. The number of allylic oxidation sites excluding steroid dienone is 3. The Labute approximate surface area is 302 Å². The Balaban J connectivity index is -0.000000866. The third kappa shape index (κ3) is 23.3. The number of hydrogen-bond donors (Lipinski definition) is 1. The molecule has 49 heavy (non-hydrogen) atoms. The van der Waals surface area contributed by atoms with Crippen LogP contribution in [-0.4, -0.2) is 60.4 Å². The first-order valence-electron chi connectivity index (χ1n) is 17.3. The first-order valence-corrected chi connectivity index (χ1v) is 17.3. The number of likely N-dealkylation sites (N-methyl/N-ethyl adjacent to an activating group) is 1. The maximum Gasteiger partial charge on any atom is 0.245 e. The molecule has 280 valence electrons. The van der Waals surface area contributed by atoms with Crippen LogP contribution in [0.2, 0.25) is 0 Å². The van der Waals surface area contributed by atoms with Crippen molar-refractivity contribution in [3.05, 3.63) is 83.7 Å². The van der Waals surface area contributed by atoms with Crippen molar-refractivity contribution in [2.24, 2.45) is 5.41 Å². The van der Waals surface area contributed by atoms with Crippen LogP contribution in [0.4, 0.5) is 11.6 Å². The molecule has 0 spiro atoms. The molecule has 1 N–H and O–H groups in total. The van der Waals surface area contributed by atoms with E-state index in [-0.39, 0.29) is 20.9 Å². The van der Waals surface area contributed by atoms with Crippen LogP contribution in [0.25, 0.3) is 0 Å². The first kappa shape index (κ1) is 49.6. The molecule has 0 radical (unpaired) electrons. The zero-order chi connectivity index (χ0) is 37.1. The average Bonchev–Trinajstić information content (AvgIpc) is 3.06. The predicted molar refractivity (Wildman–Crippen MR) is 215 cm³/mol. The van der Waals surface area contributed by atoms with Gasteiger partial charge in [0.15, 0.2) is 0 Å². The number of rotatable bonds is 17. The SMILES string of the molecule is C.C=CC(=O)N(C)CC[C@H](OCc1cccc(N(CCC)Cc2cnc(NCC)nc2C)c1)/C(C)=C/C=C\CC.C=O.CC.CC(C)(C)C.[HH]. The van der Waals surface area contributed by atoms with Gasteiger partial charge in [0, 0.05) is 57.8 Å². The van der Waals surface area contributed by atoms with Crippen LogP contribution in [0.3, 0.4) is 0 Å². The molecule has 2 aromatic rings. The zero-order valence-electron chi connectivity index (χ0n) is 32.4. The fourth-order valence-electron chi connectivity index (χ4n) is 4.19. The number of ether oxygens (including phenoxy) is 1. The van der Waals surface area contributed by atoms with Crippen LogP contribution in [-0.2, 0) is 27.5 Å². The minimum atomic E-state index is -0.1000. The van der Waals surface area contributed by atoms with Crippen LogP contribution >= 0.6 is 0 Å². The molecule has 0 aliphatic heterocycles. The Hall–Kier alpha value is -3.78. The Bertz CT molecular complexity index is 1220. The van der Waals surface area contributed by atoms with Gasteiger partial charge in [-0.05, 0) is 74.8 Å². The average molecular weight is 684 g/mol. The van der Waals surface area contributed by atoms with Gasteiger partial charge < -0.3 is 24.6 Å². The van der Waals surface area contributed by atoms with E-state index in [0.29, 0.717) is 30.9 Å². The van der Waals surface area contributed by atoms with Gasteiger partial charge in [-0.3, -0.25) is 4.79 Å². The molecule has 0 fully saturated rings. The van der Waals surface area contributed by atoms with E-state index < -0.39 is 0 Å². The number of carbonyl (C=O) groups excluding carboxylic acids is 2. The van der Waals surface area contributed by atoms with Gasteiger partial charge in [0.2, 0.25) is 11.9 Å². The van der Waals surface area contributed by atoms with Gasteiger partial charge in [0.25, 0.3) is 0 Å². The molecule has 0 aliphatic rings. The lowest BCUT2D eigenvalue weighted by Gasteiger charge is -2.26. The highest BCUT2D eigenvalue weighted by Crippen LogP contribution is 2.22. The van der Waals surface area contributed by atoms with Crippen molar-refractivity contribution in [3.8, 4) is 0 Å². The van der Waals surface area contributed by atoms with Gasteiger partial charge in [-0.2, -0.15) is 0 Å². The van der Waals surface area contributed by atoms with Crippen LogP contribution in [0, 0.1) is 12.3 Å². The van der Waals surface area contributed by atoms with Gasteiger partial charge >= 0.3 is 0 Å². The topological polar surface area (TPSA) is 87.7 Å². The lowest BCUT2D eigenvalue weighted by molar-refractivity contribution is -0.125. The second-order valence-electron chi connectivity index (χ2n) is 12.7. The van der Waals surface area contributed by atoms with Crippen LogP contribution < -0.4 is 10.2 Å². The minimum Gasteiger partial charge on any atom is -0.369 e. The molecule has 0 aliphatic carbocycles. The van der Waals surface area contributed by atoms with Gasteiger partial charge in [0.1, 0.15) is 6.79 Å². The van der Waals surface area contributed by atoms with Gasteiger partial charge in [0.05, 0.1) is 12.7 Å². The molecule has 8 heteroatoms. The molecular formula is C41H73N5O3. The van der Waals surface area contributed by atoms with E-state index in [1.807, 2.05) is 40.7 Å². The number of benzene rings is 1. The normalized spacial score (nSPS) is 11.3. The van der Waals surface area contributed by atoms with E-state index in [0.717, 1.165) is 60.6 Å². The molecule has 1 atom stereocenters. The summed E-state index contributed by atoms with van der Waals surface area (Å²) in [5, 5.41) is 3.18. The number of anilines is 2. The molecule has 0 saturated carbocycles. The smallest absolute Gasteiger partial charge is 0.245 e. The highest BCUT2D eigenvalue weighted by molar-refractivity contribution is 5.86. The van der Waals surface area contributed by atoms with Crippen molar-refractivity contribution in [3.63, 3.8) is 0 Å². The van der Waals surface area contributed by atoms with Gasteiger partial charge in [-0.25, -0.2) is 9.97 Å². The number of nitrogens with zero attached hydrogens (tertiary/aromatic N) is 4. The number of aryl methyl sites for hydroxylation is 1. The summed E-state index contributed by atoms with van der Waals surface area (Å²) in [6.07, 6.45) is 12.2.